The number of nitrogens with zero attached hydrogens (tertiary/aromatic N) is 1. The van der Waals surface area contributed by atoms with Crippen LogP contribution in [0.4, 0.5) is 0 Å². The first kappa shape index (κ1) is 21.1. The molecule has 1 aromatic heterocycles. The lowest BCUT2D eigenvalue weighted by molar-refractivity contribution is -0.121. The average Bonchev–Trinajstić information content (AvgIpc) is 2.94. The summed E-state index contributed by atoms with van der Waals surface area (Å²) in [5.74, 6) is -0.176. The Hall–Kier alpha value is -2.64. The SMILES string of the molecule is Cc1cc2ccccc2n1CC(=O)NCc1ccccc1S(=O)(=O)NC(C)(C)C. The molecular formula is C22H27N3O3S. The number of nitrogens with one attached hydrogen (secondary N) is 2. The van der Waals surface area contributed by atoms with Crippen molar-refractivity contribution in [2.75, 3.05) is 0 Å². The van der Waals surface area contributed by atoms with Gasteiger partial charge in [-0.15, -0.1) is 0 Å². The lowest BCUT2D eigenvalue weighted by Crippen LogP contribution is -2.41. The van der Waals surface area contributed by atoms with Gasteiger partial charge in [0.15, 0.2) is 0 Å². The second-order valence-corrected chi connectivity index (χ2v) is 9.82. The summed E-state index contributed by atoms with van der Waals surface area (Å²) in [6.07, 6.45) is 0. The molecule has 0 saturated heterocycles. The van der Waals surface area contributed by atoms with Gasteiger partial charge >= 0.3 is 0 Å². The van der Waals surface area contributed by atoms with Gasteiger partial charge in [0.25, 0.3) is 0 Å². The number of amides is 1. The van der Waals surface area contributed by atoms with Crippen molar-refractivity contribution in [2.24, 2.45) is 0 Å². The second kappa shape index (κ2) is 8.00. The molecule has 0 radical (unpaired) electrons. The molecule has 1 amide bonds. The van der Waals surface area contributed by atoms with Gasteiger partial charge in [0.2, 0.25) is 15.9 Å². The van der Waals surface area contributed by atoms with Crippen LogP contribution in [-0.4, -0.2) is 24.4 Å². The van der Waals surface area contributed by atoms with E-state index in [1.807, 2.05) is 41.8 Å². The van der Waals surface area contributed by atoms with Crippen LogP contribution < -0.4 is 10.0 Å². The summed E-state index contributed by atoms with van der Waals surface area (Å²) in [4.78, 5) is 12.8. The first-order chi connectivity index (χ1) is 13.6. The van der Waals surface area contributed by atoms with Crippen LogP contribution in [0.25, 0.3) is 10.9 Å². The van der Waals surface area contributed by atoms with Gasteiger partial charge in [-0.1, -0.05) is 36.4 Å². The van der Waals surface area contributed by atoms with Crippen molar-refractivity contribution in [3.63, 3.8) is 0 Å². The van der Waals surface area contributed by atoms with Crippen molar-refractivity contribution in [3.8, 4) is 0 Å². The van der Waals surface area contributed by atoms with Crippen LogP contribution in [0, 0.1) is 6.92 Å². The van der Waals surface area contributed by atoms with Crippen molar-refractivity contribution < 1.29 is 13.2 Å². The van der Waals surface area contributed by atoms with Gasteiger partial charge in [-0.2, -0.15) is 0 Å². The van der Waals surface area contributed by atoms with Crippen molar-refractivity contribution in [1.82, 2.24) is 14.6 Å². The minimum absolute atomic E-state index is 0.137. The van der Waals surface area contributed by atoms with E-state index >= 15 is 0 Å². The van der Waals surface area contributed by atoms with Gasteiger partial charge in [0.05, 0.1) is 4.90 Å². The second-order valence-electron chi connectivity index (χ2n) is 8.17. The number of sulfonamides is 1. The van der Waals surface area contributed by atoms with Crippen molar-refractivity contribution in [1.29, 1.82) is 0 Å². The van der Waals surface area contributed by atoms with E-state index < -0.39 is 15.6 Å². The van der Waals surface area contributed by atoms with Gasteiger partial charge in [0.1, 0.15) is 6.54 Å². The van der Waals surface area contributed by atoms with E-state index in [1.54, 1.807) is 45.0 Å². The van der Waals surface area contributed by atoms with Crippen LogP contribution >= 0.6 is 0 Å². The number of hydrogen-bond donors (Lipinski definition) is 2. The molecule has 0 bridgehead atoms. The van der Waals surface area contributed by atoms with Crippen LogP contribution in [0.2, 0.25) is 0 Å². The molecule has 2 N–H and O–H groups in total. The summed E-state index contributed by atoms with van der Waals surface area (Å²) in [5.41, 5.74) is 1.95. The fourth-order valence-electron chi connectivity index (χ4n) is 3.32. The highest BCUT2D eigenvalue weighted by Gasteiger charge is 2.24. The monoisotopic (exact) mass is 413 g/mol. The Bertz CT molecular complexity index is 1140. The van der Waals surface area contributed by atoms with Crippen molar-refractivity contribution in [3.05, 3.63) is 65.9 Å². The van der Waals surface area contributed by atoms with E-state index in [1.165, 1.54) is 0 Å². The molecule has 0 atom stereocenters. The van der Waals surface area contributed by atoms with Gasteiger partial charge in [-0.3, -0.25) is 4.79 Å². The maximum atomic E-state index is 12.7. The molecule has 0 unspecified atom stereocenters. The van der Waals surface area contributed by atoms with E-state index in [2.05, 4.69) is 10.0 Å². The number of carbonyl (C=O) groups excluding carboxylic acids is 1. The molecule has 29 heavy (non-hydrogen) atoms. The van der Waals surface area contributed by atoms with Crippen LogP contribution in [0.15, 0.2) is 59.5 Å². The number of rotatable bonds is 6. The standard InChI is InChI=1S/C22H27N3O3S/c1-16-13-17-9-5-7-11-19(17)25(16)15-21(26)23-14-18-10-6-8-12-20(18)29(27,28)24-22(2,3)4/h5-13,24H,14-15H2,1-4H3,(H,23,26). The molecule has 0 saturated carbocycles. The van der Waals surface area contributed by atoms with Gasteiger partial charge in [-0.25, -0.2) is 13.1 Å². The van der Waals surface area contributed by atoms with E-state index in [0.717, 1.165) is 16.6 Å². The van der Waals surface area contributed by atoms with Crippen LogP contribution in [-0.2, 0) is 27.9 Å². The maximum absolute atomic E-state index is 12.7. The topological polar surface area (TPSA) is 80.2 Å². The summed E-state index contributed by atoms with van der Waals surface area (Å²) in [5, 5.41) is 3.94. The van der Waals surface area contributed by atoms with Crippen molar-refractivity contribution >= 4 is 26.8 Å². The molecule has 6 nitrogen and oxygen atoms in total. The quantitative estimate of drug-likeness (QED) is 0.650. The average molecular weight is 414 g/mol. The number of fused-ring (bicyclic) bond motifs is 1. The normalized spacial score (nSPS) is 12.3. The third-order valence-corrected chi connectivity index (χ3v) is 6.36. The van der Waals surface area contributed by atoms with Crippen molar-refractivity contribution in [2.45, 2.75) is 51.2 Å². The molecule has 0 spiro atoms. The molecule has 3 aromatic rings. The fourth-order valence-corrected chi connectivity index (χ4v) is 4.98. The fraction of sp³-hybridized carbons (Fsp3) is 0.318. The zero-order valence-electron chi connectivity index (χ0n) is 17.2. The predicted molar refractivity (Wildman–Crippen MR) is 115 cm³/mol. The van der Waals surface area contributed by atoms with Crippen LogP contribution in [0.5, 0.6) is 0 Å². The largest absolute Gasteiger partial charge is 0.350 e. The first-order valence-electron chi connectivity index (χ1n) is 9.50. The lowest BCUT2D eigenvalue weighted by Gasteiger charge is -2.21. The third kappa shape index (κ3) is 5.05. The number of aromatic nitrogens is 1. The first-order valence-corrected chi connectivity index (χ1v) is 11.0. The molecule has 3 rings (SSSR count). The van der Waals surface area contributed by atoms with Crippen LogP contribution in [0.1, 0.15) is 32.0 Å². The number of aryl methyl sites for hydroxylation is 1. The van der Waals surface area contributed by atoms with Gasteiger partial charge in [-0.05, 0) is 56.8 Å². The molecular weight excluding hydrogens is 386 g/mol. The Kier molecular flexibility index (Phi) is 5.82. The Balaban J connectivity index is 1.75. The Morgan fingerprint density at radius 3 is 2.41 bits per heavy atom. The summed E-state index contributed by atoms with van der Waals surface area (Å²) < 4.78 is 30.1. The smallest absolute Gasteiger partial charge is 0.241 e. The molecule has 2 aromatic carbocycles. The summed E-state index contributed by atoms with van der Waals surface area (Å²) in [7, 11) is -3.69. The third-order valence-electron chi connectivity index (χ3n) is 4.50. The Morgan fingerprint density at radius 2 is 1.69 bits per heavy atom. The molecule has 0 aliphatic heterocycles. The highest BCUT2D eigenvalue weighted by molar-refractivity contribution is 7.89. The molecule has 0 aliphatic carbocycles. The Labute approximate surface area is 172 Å². The summed E-state index contributed by atoms with van der Waals surface area (Å²) in [6.45, 7) is 7.65. The predicted octanol–water partition coefficient (Wildman–Crippen LogP) is 3.34. The highest BCUT2D eigenvalue weighted by Crippen LogP contribution is 2.20. The number of hydrogen-bond acceptors (Lipinski definition) is 3. The minimum Gasteiger partial charge on any atom is -0.350 e. The van der Waals surface area contributed by atoms with Gasteiger partial charge in [0, 0.05) is 23.3 Å². The number of para-hydroxylation sites is 1. The minimum atomic E-state index is -3.69. The molecule has 1 heterocycles. The summed E-state index contributed by atoms with van der Waals surface area (Å²) >= 11 is 0. The number of carbonyl (C=O) groups is 1. The molecule has 0 aliphatic rings. The molecule has 7 heteroatoms. The van der Waals surface area contributed by atoms with Crippen LogP contribution in [0.3, 0.4) is 0 Å². The molecule has 0 fully saturated rings. The van der Waals surface area contributed by atoms with E-state index in [9.17, 15) is 13.2 Å². The molecule has 154 valence electrons. The maximum Gasteiger partial charge on any atom is 0.241 e. The zero-order valence-corrected chi connectivity index (χ0v) is 18.0. The van der Waals surface area contributed by atoms with E-state index in [4.69, 9.17) is 0 Å². The zero-order chi connectivity index (χ0) is 21.2. The van der Waals surface area contributed by atoms with Gasteiger partial charge < -0.3 is 9.88 Å². The Morgan fingerprint density at radius 1 is 1.03 bits per heavy atom. The number of benzene rings is 2. The van der Waals surface area contributed by atoms with E-state index in [0.29, 0.717) is 5.56 Å². The highest BCUT2D eigenvalue weighted by atomic mass is 32.2. The lowest BCUT2D eigenvalue weighted by atomic mass is 10.1. The summed E-state index contributed by atoms with van der Waals surface area (Å²) in [6, 6.07) is 16.7. The van der Waals surface area contributed by atoms with E-state index in [-0.39, 0.29) is 23.9 Å².